The largest absolute Gasteiger partial charge is 0.349 e. The van der Waals surface area contributed by atoms with E-state index in [1.807, 2.05) is 37.3 Å². The van der Waals surface area contributed by atoms with Crippen molar-refractivity contribution in [3.63, 3.8) is 0 Å². The molecular weight excluding hydrogens is 406 g/mol. The molecule has 0 fully saturated rings. The van der Waals surface area contributed by atoms with Gasteiger partial charge in [-0.15, -0.1) is 11.3 Å². The maximum Gasteiger partial charge on any atom is 0.276 e. The van der Waals surface area contributed by atoms with Crippen LogP contribution in [0.25, 0.3) is 20.2 Å². The number of benzene rings is 2. The molecule has 31 heavy (non-hydrogen) atoms. The van der Waals surface area contributed by atoms with Crippen LogP contribution >= 0.6 is 11.3 Å². The van der Waals surface area contributed by atoms with Crippen molar-refractivity contribution in [2.75, 3.05) is 0 Å². The summed E-state index contributed by atoms with van der Waals surface area (Å²) in [6.07, 6.45) is 4.12. The molecule has 5 nitrogen and oxygen atoms in total. The molecule has 0 aliphatic heterocycles. The van der Waals surface area contributed by atoms with E-state index in [2.05, 4.69) is 28.6 Å². The van der Waals surface area contributed by atoms with Crippen molar-refractivity contribution in [1.82, 2.24) is 15.1 Å². The Morgan fingerprint density at radius 3 is 2.90 bits per heavy atom. The molecule has 1 amide bonds. The van der Waals surface area contributed by atoms with Gasteiger partial charge in [0, 0.05) is 23.1 Å². The molecule has 6 heteroatoms. The summed E-state index contributed by atoms with van der Waals surface area (Å²) in [7, 11) is 0. The highest BCUT2D eigenvalue weighted by Crippen LogP contribution is 2.32. The molecule has 4 aromatic rings. The van der Waals surface area contributed by atoms with Gasteiger partial charge in [0.2, 0.25) is 5.91 Å². The molecule has 0 saturated heterocycles. The molecule has 2 heterocycles. The molecule has 2 aromatic heterocycles. The lowest BCUT2D eigenvalue weighted by molar-refractivity contribution is -0.122. The second-order valence-corrected chi connectivity index (χ2v) is 9.28. The maximum absolute atomic E-state index is 13.1. The molecule has 158 valence electrons. The van der Waals surface area contributed by atoms with E-state index in [9.17, 15) is 9.59 Å². The van der Waals surface area contributed by atoms with Crippen LogP contribution in [0, 0.1) is 6.92 Å². The topological polar surface area (TPSA) is 64.0 Å². The lowest BCUT2D eigenvalue weighted by Crippen LogP contribution is -2.31. The molecule has 0 radical (unpaired) electrons. The second-order valence-electron chi connectivity index (χ2n) is 8.23. The summed E-state index contributed by atoms with van der Waals surface area (Å²) >= 11 is 1.61. The van der Waals surface area contributed by atoms with Crippen molar-refractivity contribution < 1.29 is 4.79 Å². The number of aryl methyl sites for hydroxylation is 3. The maximum atomic E-state index is 13.1. The van der Waals surface area contributed by atoms with E-state index in [0.29, 0.717) is 19.4 Å². The predicted octanol–water partition coefficient (Wildman–Crippen LogP) is 4.89. The smallest absolute Gasteiger partial charge is 0.276 e. The molecule has 0 saturated carbocycles. The van der Waals surface area contributed by atoms with Crippen molar-refractivity contribution in [2.45, 2.75) is 51.6 Å². The zero-order valence-electron chi connectivity index (χ0n) is 17.6. The van der Waals surface area contributed by atoms with Crippen LogP contribution in [-0.2, 0) is 17.8 Å². The first kappa shape index (κ1) is 19.9. The number of hydrogen-bond donors (Lipinski definition) is 1. The van der Waals surface area contributed by atoms with Gasteiger partial charge in [-0.05, 0) is 49.8 Å². The quantitative estimate of drug-likeness (QED) is 0.489. The van der Waals surface area contributed by atoms with Crippen molar-refractivity contribution in [3.8, 4) is 0 Å². The monoisotopic (exact) mass is 431 g/mol. The van der Waals surface area contributed by atoms with Gasteiger partial charge >= 0.3 is 0 Å². The fraction of sp³-hybridized carbons (Fsp3) is 0.320. The number of nitrogens with one attached hydrogen (secondary N) is 1. The number of thiophene rings is 1. The molecule has 1 aliphatic rings. The summed E-state index contributed by atoms with van der Waals surface area (Å²) in [6.45, 7) is 2.38. The van der Waals surface area contributed by atoms with Crippen molar-refractivity contribution in [2.24, 2.45) is 0 Å². The standard InChI is InChI=1S/C25H25N3O2S/c1-16-24-23(19-11-4-5-13-21(19)31-24)25(30)28(27-16)15-7-14-22(29)26-20-12-6-9-17-8-2-3-10-18(17)20/h2-5,8,10-11,13,20H,6-7,9,12,14-15H2,1H3,(H,26,29)/t20-/m1/s1. The third-order valence-electron chi connectivity index (χ3n) is 6.12. The predicted molar refractivity (Wildman–Crippen MR) is 126 cm³/mol. The van der Waals surface area contributed by atoms with Gasteiger partial charge < -0.3 is 5.32 Å². The average Bonchev–Trinajstić information content (AvgIpc) is 3.18. The highest BCUT2D eigenvalue weighted by atomic mass is 32.1. The van der Waals surface area contributed by atoms with E-state index in [1.165, 1.54) is 15.8 Å². The summed E-state index contributed by atoms with van der Waals surface area (Å²) < 4.78 is 3.58. The molecule has 1 N–H and O–H groups in total. The highest BCUT2D eigenvalue weighted by molar-refractivity contribution is 7.26. The van der Waals surface area contributed by atoms with Gasteiger partial charge in [0.25, 0.3) is 5.56 Å². The van der Waals surface area contributed by atoms with Crippen molar-refractivity contribution in [1.29, 1.82) is 0 Å². The van der Waals surface area contributed by atoms with E-state index in [0.717, 1.165) is 45.1 Å². The molecular formula is C25H25N3O2S. The van der Waals surface area contributed by atoms with Crippen LogP contribution in [0.3, 0.4) is 0 Å². The summed E-state index contributed by atoms with van der Waals surface area (Å²) in [6, 6.07) is 16.4. The summed E-state index contributed by atoms with van der Waals surface area (Å²) in [5.41, 5.74) is 3.37. The molecule has 0 spiro atoms. The number of aromatic nitrogens is 2. The number of hydrogen-bond acceptors (Lipinski definition) is 4. The Hall–Kier alpha value is -2.99. The fourth-order valence-corrected chi connectivity index (χ4v) is 5.76. The molecule has 1 aliphatic carbocycles. The number of fused-ring (bicyclic) bond motifs is 4. The number of carbonyl (C=O) groups excluding carboxylic acids is 1. The third-order valence-corrected chi connectivity index (χ3v) is 7.40. The molecule has 0 bridgehead atoms. The lowest BCUT2D eigenvalue weighted by Gasteiger charge is -2.26. The number of rotatable bonds is 5. The van der Waals surface area contributed by atoms with Gasteiger partial charge in [-0.1, -0.05) is 42.5 Å². The zero-order valence-corrected chi connectivity index (χ0v) is 18.4. The minimum Gasteiger partial charge on any atom is -0.349 e. The van der Waals surface area contributed by atoms with E-state index >= 15 is 0 Å². The number of nitrogens with zero attached hydrogens (tertiary/aromatic N) is 2. The summed E-state index contributed by atoms with van der Waals surface area (Å²) in [5, 5.41) is 9.45. The Kier molecular flexibility index (Phi) is 5.32. The minimum absolute atomic E-state index is 0.0357. The zero-order chi connectivity index (χ0) is 21.4. The number of amides is 1. The van der Waals surface area contributed by atoms with Crippen molar-refractivity contribution in [3.05, 3.63) is 75.7 Å². The molecule has 1 atom stereocenters. The first-order chi connectivity index (χ1) is 15.1. The van der Waals surface area contributed by atoms with Crippen LogP contribution < -0.4 is 10.9 Å². The highest BCUT2D eigenvalue weighted by Gasteiger charge is 2.21. The molecule has 2 aromatic carbocycles. The SMILES string of the molecule is Cc1nn(CCCC(=O)N[C@@H]2CCCc3ccccc32)c(=O)c2c1sc1ccccc12. The van der Waals surface area contributed by atoms with Gasteiger partial charge in [-0.25, -0.2) is 4.68 Å². The van der Waals surface area contributed by atoms with E-state index in [-0.39, 0.29) is 17.5 Å². The third kappa shape index (κ3) is 3.76. The normalized spacial score (nSPS) is 15.8. The number of carbonyl (C=O) groups is 1. The Labute approximate surface area is 184 Å². The Bertz CT molecular complexity index is 1340. The van der Waals surface area contributed by atoms with Crippen LogP contribution in [0.2, 0.25) is 0 Å². The summed E-state index contributed by atoms with van der Waals surface area (Å²) in [4.78, 5) is 25.7. The first-order valence-corrected chi connectivity index (χ1v) is 11.7. The lowest BCUT2D eigenvalue weighted by atomic mass is 9.87. The fourth-order valence-electron chi connectivity index (χ4n) is 4.62. The van der Waals surface area contributed by atoms with Crippen LogP contribution in [-0.4, -0.2) is 15.7 Å². The van der Waals surface area contributed by atoms with Crippen LogP contribution in [0.1, 0.15) is 48.5 Å². The Morgan fingerprint density at radius 1 is 1.19 bits per heavy atom. The average molecular weight is 432 g/mol. The van der Waals surface area contributed by atoms with E-state index in [4.69, 9.17) is 0 Å². The van der Waals surface area contributed by atoms with Crippen molar-refractivity contribution >= 4 is 37.4 Å². The second kappa shape index (κ2) is 8.27. The molecule has 5 rings (SSSR count). The van der Waals surface area contributed by atoms with Gasteiger partial charge in [0.05, 0.1) is 21.8 Å². The van der Waals surface area contributed by atoms with Crippen LogP contribution in [0.5, 0.6) is 0 Å². The molecule has 0 unspecified atom stereocenters. The van der Waals surface area contributed by atoms with Gasteiger partial charge in [-0.3, -0.25) is 9.59 Å². The Balaban J connectivity index is 1.29. The first-order valence-electron chi connectivity index (χ1n) is 10.9. The summed E-state index contributed by atoms with van der Waals surface area (Å²) in [5.74, 6) is 0.0357. The Morgan fingerprint density at radius 2 is 2.00 bits per heavy atom. The van der Waals surface area contributed by atoms with Gasteiger partial charge in [0.1, 0.15) is 0 Å². The van der Waals surface area contributed by atoms with E-state index in [1.54, 1.807) is 11.3 Å². The minimum atomic E-state index is -0.0698. The van der Waals surface area contributed by atoms with E-state index < -0.39 is 0 Å². The van der Waals surface area contributed by atoms with Crippen LogP contribution in [0.4, 0.5) is 0 Å². The van der Waals surface area contributed by atoms with Gasteiger partial charge in [-0.2, -0.15) is 5.10 Å². The van der Waals surface area contributed by atoms with Gasteiger partial charge in [0.15, 0.2) is 0 Å². The van der Waals surface area contributed by atoms with Crippen LogP contribution in [0.15, 0.2) is 53.3 Å².